The van der Waals surface area contributed by atoms with Crippen molar-refractivity contribution in [2.75, 3.05) is 0 Å². The van der Waals surface area contributed by atoms with E-state index in [0.717, 1.165) is 27.6 Å². The minimum atomic E-state index is -4.43. The molecule has 0 fully saturated rings. The first-order chi connectivity index (χ1) is 21.1. The fourth-order valence-corrected chi connectivity index (χ4v) is 5.93. The Morgan fingerprint density at radius 1 is 0.705 bits per heavy atom. The number of halogens is 3. The van der Waals surface area contributed by atoms with Gasteiger partial charge in [0, 0.05) is 33.4 Å². The molecule has 0 saturated carbocycles. The average molecular weight is 594 g/mol. The zero-order chi connectivity index (χ0) is 30.7. The number of carboxylic acids is 1. The molecule has 1 N–H and O–H groups in total. The summed E-state index contributed by atoms with van der Waals surface area (Å²) in [5, 5.41) is 12.1. The predicted molar refractivity (Wildman–Crippen MR) is 163 cm³/mol. The number of hydrogen-bond donors (Lipinski definition) is 1. The van der Waals surface area contributed by atoms with Crippen molar-refractivity contribution >= 4 is 49.5 Å². The fourth-order valence-electron chi connectivity index (χ4n) is 5.93. The molecule has 0 radical (unpaired) electrons. The number of nitrogens with zero attached hydrogens (tertiary/aromatic N) is 1. The van der Waals surface area contributed by atoms with Gasteiger partial charge in [0.2, 0.25) is 0 Å². The summed E-state index contributed by atoms with van der Waals surface area (Å²) in [6, 6.07) is 24.1. The number of alkyl halides is 3. The molecule has 0 saturated heterocycles. The molecule has 6 nitrogen and oxygen atoms in total. The Labute approximate surface area is 246 Å². The maximum Gasteiger partial charge on any atom is 0.416 e. The maximum atomic E-state index is 13.8. The van der Waals surface area contributed by atoms with Crippen LogP contribution in [0.5, 0.6) is 0 Å². The highest BCUT2D eigenvalue weighted by Crippen LogP contribution is 2.39. The molecule has 9 heteroatoms. The summed E-state index contributed by atoms with van der Waals surface area (Å²) in [5.41, 5.74) is 1.96. The first-order valence-corrected chi connectivity index (χ1v) is 13.9. The summed E-state index contributed by atoms with van der Waals surface area (Å²) in [5.74, 6) is -0.863. The highest BCUT2D eigenvalue weighted by molar-refractivity contribution is 6.26. The summed E-state index contributed by atoms with van der Waals surface area (Å²) in [6.07, 6.45) is -3.34. The molecule has 0 aliphatic rings. The van der Waals surface area contributed by atoms with Gasteiger partial charge in [0.15, 0.2) is 0 Å². The average Bonchev–Trinajstić information content (AvgIpc) is 3.01. The molecular weight excluding hydrogens is 571 g/mol. The minimum Gasteiger partial charge on any atom is -0.481 e. The predicted octanol–water partition coefficient (Wildman–Crippen LogP) is 7.93. The lowest BCUT2D eigenvalue weighted by atomic mass is 9.95. The van der Waals surface area contributed by atoms with Crippen LogP contribution in [0.3, 0.4) is 0 Å². The molecule has 0 atom stereocenters. The summed E-state index contributed by atoms with van der Waals surface area (Å²) >= 11 is 0. The molecule has 2 heterocycles. The molecule has 0 amide bonds. The van der Waals surface area contributed by atoms with Crippen LogP contribution in [0.4, 0.5) is 13.2 Å². The quantitative estimate of drug-likeness (QED) is 0.156. The second-order valence-corrected chi connectivity index (χ2v) is 10.8. The summed E-state index contributed by atoms with van der Waals surface area (Å²) in [4.78, 5) is 38.4. The second kappa shape index (κ2) is 10.1. The van der Waals surface area contributed by atoms with E-state index in [4.69, 9.17) is 9.52 Å². The normalized spacial score (nSPS) is 12.2. The van der Waals surface area contributed by atoms with Crippen molar-refractivity contribution in [3.63, 3.8) is 0 Å². The van der Waals surface area contributed by atoms with Gasteiger partial charge in [0.1, 0.15) is 11.2 Å². The molecule has 44 heavy (non-hydrogen) atoms. The van der Waals surface area contributed by atoms with Gasteiger partial charge in [-0.3, -0.25) is 14.4 Å². The van der Waals surface area contributed by atoms with Gasteiger partial charge in [-0.1, -0.05) is 36.4 Å². The molecular formula is C35H22F3NO5. The molecule has 0 bridgehead atoms. The Balaban J connectivity index is 1.37. The lowest BCUT2D eigenvalue weighted by Crippen LogP contribution is -2.31. The SMILES string of the molecule is O=C(O)CCCc1ccc(-n2c(=O)c3ccc4oc5ccc(-c6ccc(C(F)(F)F)cc6)cc5c5ccc(c2=O)c3c45)cc1. The second-order valence-electron chi connectivity index (χ2n) is 10.8. The van der Waals surface area contributed by atoms with Crippen LogP contribution in [0.1, 0.15) is 24.0 Å². The smallest absolute Gasteiger partial charge is 0.416 e. The zero-order valence-electron chi connectivity index (χ0n) is 22.9. The molecule has 2 aromatic heterocycles. The molecule has 0 unspecified atom stereocenters. The van der Waals surface area contributed by atoms with Crippen molar-refractivity contribution in [3.8, 4) is 16.8 Å². The van der Waals surface area contributed by atoms with E-state index in [1.807, 2.05) is 6.07 Å². The molecule has 5 aromatic carbocycles. The van der Waals surface area contributed by atoms with E-state index >= 15 is 0 Å². The fraction of sp³-hybridized carbons (Fsp3) is 0.114. The van der Waals surface area contributed by atoms with Crippen LogP contribution >= 0.6 is 0 Å². The monoisotopic (exact) mass is 593 g/mol. The third-order valence-corrected chi connectivity index (χ3v) is 8.08. The highest BCUT2D eigenvalue weighted by atomic mass is 19.4. The highest BCUT2D eigenvalue weighted by Gasteiger charge is 2.30. The van der Waals surface area contributed by atoms with E-state index in [9.17, 15) is 27.6 Å². The molecule has 218 valence electrons. The van der Waals surface area contributed by atoms with Crippen molar-refractivity contribution in [2.45, 2.75) is 25.4 Å². The summed E-state index contributed by atoms with van der Waals surface area (Å²) in [6.45, 7) is 0. The van der Waals surface area contributed by atoms with Crippen molar-refractivity contribution in [1.82, 2.24) is 4.57 Å². The standard InChI is InChI=1S/C35H22F3NO5/c36-35(37,38)22-9-6-20(7-10-22)21-8-16-28-27(18-21)24-13-14-25-31-26(15-17-29(44-28)32(24)31)34(43)39(33(25)42)23-11-4-19(5-12-23)2-1-3-30(40)41/h4-18H,1-3H2,(H,40,41). The van der Waals surface area contributed by atoms with Gasteiger partial charge in [0.05, 0.1) is 11.3 Å². The number of benzene rings is 5. The Kier molecular flexibility index (Phi) is 6.28. The molecule has 0 spiro atoms. The number of aromatic nitrogens is 1. The van der Waals surface area contributed by atoms with Gasteiger partial charge in [-0.25, -0.2) is 4.57 Å². The van der Waals surface area contributed by atoms with Crippen LogP contribution < -0.4 is 11.1 Å². The van der Waals surface area contributed by atoms with Gasteiger partial charge in [-0.05, 0) is 89.5 Å². The zero-order valence-corrected chi connectivity index (χ0v) is 22.9. The van der Waals surface area contributed by atoms with Crippen LogP contribution in [-0.2, 0) is 17.4 Å². The van der Waals surface area contributed by atoms with Crippen molar-refractivity contribution in [1.29, 1.82) is 0 Å². The van der Waals surface area contributed by atoms with Crippen molar-refractivity contribution in [2.24, 2.45) is 0 Å². The van der Waals surface area contributed by atoms with E-state index in [2.05, 4.69) is 0 Å². The minimum absolute atomic E-state index is 0.0557. The van der Waals surface area contributed by atoms with Crippen LogP contribution in [0, 0.1) is 0 Å². The third kappa shape index (κ3) is 4.48. The van der Waals surface area contributed by atoms with Gasteiger partial charge in [-0.15, -0.1) is 0 Å². The Hall–Kier alpha value is -5.44. The Morgan fingerprint density at radius 3 is 1.98 bits per heavy atom. The number of pyridine rings is 1. The Morgan fingerprint density at radius 2 is 1.32 bits per heavy atom. The lowest BCUT2D eigenvalue weighted by Gasteiger charge is -2.15. The molecule has 7 rings (SSSR count). The van der Waals surface area contributed by atoms with Crippen molar-refractivity contribution < 1.29 is 27.5 Å². The van der Waals surface area contributed by atoms with Gasteiger partial charge in [0.25, 0.3) is 11.1 Å². The van der Waals surface area contributed by atoms with Crippen LogP contribution in [0.2, 0.25) is 0 Å². The summed E-state index contributed by atoms with van der Waals surface area (Å²) < 4.78 is 46.6. The number of carboxylic acid groups (broad SMARTS) is 1. The molecule has 7 aromatic rings. The lowest BCUT2D eigenvalue weighted by molar-refractivity contribution is -0.138. The van der Waals surface area contributed by atoms with Crippen molar-refractivity contribution in [3.05, 3.63) is 123 Å². The van der Waals surface area contributed by atoms with Crippen LogP contribution in [0.25, 0.3) is 60.3 Å². The van der Waals surface area contributed by atoms with Crippen LogP contribution in [-0.4, -0.2) is 15.6 Å². The largest absolute Gasteiger partial charge is 0.481 e. The van der Waals surface area contributed by atoms with Gasteiger partial charge < -0.3 is 9.52 Å². The van der Waals surface area contributed by atoms with Crippen LogP contribution in [0.15, 0.2) is 105 Å². The van der Waals surface area contributed by atoms with E-state index in [0.29, 0.717) is 67.8 Å². The Bertz CT molecular complexity index is 2320. The van der Waals surface area contributed by atoms with E-state index in [1.54, 1.807) is 60.7 Å². The van der Waals surface area contributed by atoms with Gasteiger partial charge in [-0.2, -0.15) is 13.2 Å². The number of hydrogen-bond acceptors (Lipinski definition) is 4. The molecule has 0 aliphatic carbocycles. The number of fused-ring (bicyclic) bond motifs is 2. The maximum absolute atomic E-state index is 13.8. The third-order valence-electron chi connectivity index (χ3n) is 8.08. The van der Waals surface area contributed by atoms with E-state index in [1.165, 1.54) is 12.1 Å². The topological polar surface area (TPSA) is 89.5 Å². The first kappa shape index (κ1) is 27.4. The number of rotatable bonds is 6. The number of aliphatic carboxylic acids is 1. The van der Waals surface area contributed by atoms with E-state index < -0.39 is 28.8 Å². The number of carbonyl (C=O) groups is 1. The first-order valence-electron chi connectivity index (χ1n) is 13.9. The van der Waals surface area contributed by atoms with Gasteiger partial charge >= 0.3 is 12.1 Å². The van der Waals surface area contributed by atoms with E-state index in [-0.39, 0.29) is 6.42 Å². The number of aryl methyl sites for hydroxylation is 1. The summed E-state index contributed by atoms with van der Waals surface area (Å²) in [7, 11) is 0. The molecule has 0 aliphatic heterocycles.